The fourth-order valence-electron chi connectivity index (χ4n) is 5.16. The van der Waals surface area contributed by atoms with E-state index in [1.807, 2.05) is 11.0 Å². The van der Waals surface area contributed by atoms with Crippen molar-refractivity contribution in [3.05, 3.63) is 100 Å². The smallest absolute Gasteiger partial charge is 0.258 e. The largest absolute Gasteiger partial charge is 0.307 e. The van der Waals surface area contributed by atoms with Crippen molar-refractivity contribution < 1.29 is 9.18 Å². The van der Waals surface area contributed by atoms with E-state index in [0.717, 1.165) is 43.7 Å². The van der Waals surface area contributed by atoms with Crippen LogP contribution in [0.2, 0.25) is 5.15 Å². The highest BCUT2D eigenvalue weighted by Crippen LogP contribution is 2.47. The molecule has 0 atom stereocenters. The molecule has 0 aliphatic carbocycles. The van der Waals surface area contributed by atoms with Crippen LogP contribution in [0.15, 0.2) is 66.9 Å². The molecule has 0 N–H and O–H groups in total. The average Bonchev–Trinajstić information content (AvgIpc) is 3.14. The SMILES string of the molecule is Cc1ccc2c(c1)C1(CCN(CC=Cc3ccc(F)cc3)CC1)CN2C(=O)c1ccnc(Cl)c1. The molecule has 2 aliphatic heterocycles. The molecule has 0 saturated carbocycles. The summed E-state index contributed by atoms with van der Waals surface area (Å²) in [5.41, 5.74) is 5.03. The number of nitrogens with zero attached hydrogens (tertiary/aromatic N) is 3. The van der Waals surface area contributed by atoms with Crippen LogP contribution in [0.25, 0.3) is 6.08 Å². The van der Waals surface area contributed by atoms with Gasteiger partial charge in [-0.3, -0.25) is 9.69 Å². The third kappa shape index (κ3) is 4.50. The molecule has 1 spiro atoms. The number of aryl methyl sites for hydroxylation is 1. The second-order valence-electron chi connectivity index (χ2n) is 9.31. The van der Waals surface area contributed by atoms with Crippen LogP contribution in [-0.4, -0.2) is 42.0 Å². The van der Waals surface area contributed by atoms with Gasteiger partial charge in [0.2, 0.25) is 0 Å². The number of benzene rings is 2. The minimum atomic E-state index is -0.217. The molecule has 2 aliphatic rings. The number of carbonyl (C=O) groups excluding carboxylic acids is 1. The maximum Gasteiger partial charge on any atom is 0.258 e. The van der Waals surface area contributed by atoms with Crippen LogP contribution in [0.4, 0.5) is 10.1 Å². The van der Waals surface area contributed by atoms with E-state index in [1.165, 1.54) is 23.3 Å². The Morgan fingerprint density at radius 1 is 1.12 bits per heavy atom. The van der Waals surface area contributed by atoms with Crippen molar-refractivity contribution >= 4 is 29.3 Å². The first-order valence-corrected chi connectivity index (χ1v) is 12.0. The molecule has 0 unspecified atom stereocenters. The summed E-state index contributed by atoms with van der Waals surface area (Å²) in [6.45, 7) is 5.57. The number of amides is 1. The Kier molecular flexibility index (Phi) is 6.24. The molecule has 34 heavy (non-hydrogen) atoms. The second kappa shape index (κ2) is 9.32. The Hall–Kier alpha value is -3.02. The summed E-state index contributed by atoms with van der Waals surface area (Å²) in [5.74, 6) is -0.249. The number of halogens is 2. The molecule has 1 amide bonds. The van der Waals surface area contributed by atoms with Gasteiger partial charge in [0.1, 0.15) is 11.0 Å². The zero-order chi connectivity index (χ0) is 23.7. The Morgan fingerprint density at radius 3 is 2.62 bits per heavy atom. The maximum atomic E-state index is 13.4. The first kappa shape index (κ1) is 22.8. The summed E-state index contributed by atoms with van der Waals surface area (Å²) < 4.78 is 13.1. The summed E-state index contributed by atoms with van der Waals surface area (Å²) in [7, 11) is 0. The Balaban J connectivity index is 1.31. The topological polar surface area (TPSA) is 36.4 Å². The molecular formula is C28H27ClFN3O. The molecule has 6 heteroatoms. The van der Waals surface area contributed by atoms with E-state index in [9.17, 15) is 9.18 Å². The van der Waals surface area contributed by atoms with Gasteiger partial charge in [0, 0.05) is 36.0 Å². The van der Waals surface area contributed by atoms with Crippen LogP contribution < -0.4 is 4.90 Å². The zero-order valence-corrected chi connectivity index (χ0v) is 19.9. The van der Waals surface area contributed by atoms with E-state index >= 15 is 0 Å². The van der Waals surface area contributed by atoms with Gasteiger partial charge in [-0.2, -0.15) is 0 Å². The molecule has 3 heterocycles. The fourth-order valence-corrected chi connectivity index (χ4v) is 5.33. The van der Waals surface area contributed by atoms with E-state index < -0.39 is 0 Å². The number of rotatable bonds is 4. The van der Waals surface area contributed by atoms with Gasteiger partial charge >= 0.3 is 0 Å². The summed E-state index contributed by atoms with van der Waals surface area (Å²) in [4.78, 5) is 21.8. The van der Waals surface area contributed by atoms with E-state index in [-0.39, 0.29) is 17.1 Å². The maximum absolute atomic E-state index is 13.4. The number of likely N-dealkylation sites (tertiary alicyclic amines) is 1. The molecule has 5 rings (SSSR count). The zero-order valence-electron chi connectivity index (χ0n) is 19.2. The Morgan fingerprint density at radius 2 is 1.88 bits per heavy atom. The second-order valence-corrected chi connectivity index (χ2v) is 9.70. The van der Waals surface area contributed by atoms with E-state index in [0.29, 0.717) is 17.3 Å². The monoisotopic (exact) mass is 475 g/mol. The van der Waals surface area contributed by atoms with Crippen LogP contribution in [-0.2, 0) is 5.41 Å². The summed E-state index contributed by atoms with van der Waals surface area (Å²) >= 11 is 6.05. The minimum Gasteiger partial charge on any atom is -0.307 e. The van der Waals surface area contributed by atoms with Crippen molar-refractivity contribution in [3.63, 3.8) is 0 Å². The van der Waals surface area contributed by atoms with Gasteiger partial charge in [0.15, 0.2) is 0 Å². The molecule has 4 nitrogen and oxygen atoms in total. The average molecular weight is 476 g/mol. The minimum absolute atomic E-state index is 0.0315. The highest BCUT2D eigenvalue weighted by Gasteiger charge is 2.46. The van der Waals surface area contributed by atoms with Crippen LogP contribution in [0, 0.1) is 12.7 Å². The molecule has 2 aromatic carbocycles. The Labute approximate surface area is 204 Å². The number of pyridine rings is 1. The molecule has 1 fully saturated rings. The van der Waals surface area contributed by atoms with Crippen molar-refractivity contribution in [2.45, 2.75) is 25.2 Å². The predicted molar refractivity (Wildman–Crippen MR) is 135 cm³/mol. The molecule has 1 aromatic heterocycles. The lowest BCUT2D eigenvalue weighted by molar-refractivity contribution is 0.0977. The summed E-state index contributed by atoms with van der Waals surface area (Å²) in [6.07, 6.45) is 7.75. The summed E-state index contributed by atoms with van der Waals surface area (Å²) in [5, 5.41) is 0.325. The predicted octanol–water partition coefficient (Wildman–Crippen LogP) is 5.89. The van der Waals surface area contributed by atoms with Crippen LogP contribution in [0.1, 0.15) is 39.9 Å². The van der Waals surface area contributed by atoms with Crippen molar-refractivity contribution in [2.24, 2.45) is 0 Å². The van der Waals surface area contributed by atoms with Crippen LogP contribution in [0.5, 0.6) is 0 Å². The van der Waals surface area contributed by atoms with Crippen molar-refractivity contribution in [3.8, 4) is 0 Å². The van der Waals surface area contributed by atoms with Gasteiger partial charge in [0.05, 0.1) is 0 Å². The van der Waals surface area contributed by atoms with Crippen LogP contribution in [0.3, 0.4) is 0 Å². The third-order valence-corrected chi connectivity index (χ3v) is 7.26. The number of hydrogen-bond donors (Lipinski definition) is 0. The molecular weight excluding hydrogens is 449 g/mol. The lowest BCUT2D eigenvalue weighted by Gasteiger charge is -2.39. The quantitative estimate of drug-likeness (QED) is 0.441. The highest BCUT2D eigenvalue weighted by molar-refractivity contribution is 6.29. The van der Waals surface area contributed by atoms with Gasteiger partial charge < -0.3 is 4.90 Å². The van der Waals surface area contributed by atoms with Gasteiger partial charge in [-0.15, -0.1) is 0 Å². The molecule has 0 radical (unpaired) electrons. The highest BCUT2D eigenvalue weighted by atomic mass is 35.5. The fraction of sp³-hybridized carbons (Fsp3) is 0.286. The Bertz CT molecular complexity index is 1230. The number of carbonyl (C=O) groups is 1. The lowest BCUT2D eigenvalue weighted by atomic mass is 9.74. The lowest BCUT2D eigenvalue weighted by Crippen LogP contribution is -2.46. The van der Waals surface area contributed by atoms with Crippen LogP contribution >= 0.6 is 11.6 Å². The van der Waals surface area contributed by atoms with E-state index in [4.69, 9.17) is 11.6 Å². The van der Waals surface area contributed by atoms with E-state index in [2.05, 4.69) is 41.1 Å². The number of hydrogen-bond acceptors (Lipinski definition) is 3. The summed E-state index contributed by atoms with van der Waals surface area (Å²) in [6, 6.07) is 16.3. The molecule has 174 valence electrons. The van der Waals surface area contributed by atoms with Gasteiger partial charge in [-0.05, 0) is 74.3 Å². The molecule has 3 aromatic rings. The number of piperidine rings is 1. The normalized spacial score (nSPS) is 17.4. The first-order chi connectivity index (χ1) is 16.4. The van der Waals surface area contributed by atoms with E-state index in [1.54, 1.807) is 30.5 Å². The van der Waals surface area contributed by atoms with Crippen molar-refractivity contribution in [1.29, 1.82) is 0 Å². The first-order valence-electron chi connectivity index (χ1n) is 11.6. The number of anilines is 1. The van der Waals surface area contributed by atoms with Gasteiger partial charge in [-0.25, -0.2) is 9.37 Å². The number of aromatic nitrogens is 1. The van der Waals surface area contributed by atoms with Crippen molar-refractivity contribution in [2.75, 3.05) is 31.1 Å². The molecule has 1 saturated heterocycles. The van der Waals surface area contributed by atoms with Crippen molar-refractivity contribution in [1.82, 2.24) is 9.88 Å². The molecule has 0 bridgehead atoms. The standard InChI is InChI=1S/C28H27ClFN3O/c1-20-4-9-25-24(17-20)28(19-33(25)27(34)22-10-13-31-26(29)18-22)11-15-32(16-12-28)14-2-3-21-5-7-23(30)8-6-21/h2-10,13,17-18H,11-12,14-16,19H2,1H3. The van der Waals surface area contributed by atoms with Gasteiger partial charge in [0.25, 0.3) is 5.91 Å². The number of fused-ring (bicyclic) bond motifs is 2. The third-order valence-electron chi connectivity index (χ3n) is 7.05. The van der Waals surface area contributed by atoms with Gasteiger partial charge in [-0.1, -0.05) is 53.6 Å².